The zero-order valence-electron chi connectivity index (χ0n) is 9.96. The Labute approximate surface area is 106 Å². The molecule has 2 rings (SSSR count). The summed E-state index contributed by atoms with van der Waals surface area (Å²) in [5.41, 5.74) is 5.26. The highest BCUT2D eigenvalue weighted by molar-refractivity contribution is 7.91. The van der Waals surface area contributed by atoms with Crippen molar-refractivity contribution in [2.24, 2.45) is 11.7 Å². The van der Waals surface area contributed by atoms with Crippen molar-refractivity contribution < 1.29 is 18.0 Å². The van der Waals surface area contributed by atoms with Gasteiger partial charge in [0.25, 0.3) is 0 Å². The van der Waals surface area contributed by atoms with Gasteiger partial charge in [0.05, 0.1) is 17.4 Å². The van der Waals surface area contributed by atoms with E-state index in [0.29, 0.717) is 26.1 Å². The van der Waals surface area contributed by atoms with Crippen LogP contribution in [0.3, 0.4) is 0 Å². The van der Waals surface area contributed by atoms with Crippen molar-refractivity contribution in [1.29, 1.82) is 0 Å². The van der Waals surface area contributed by atoms with Crippen LogP contribution in [0.5, 0.6) is 0 Å². The molecule has 2 saturated heterocycles. The lowest BCUT2D eigenvalue weighted by Crippen LogP contribution is -2.59. The normalized spacial score (nSPS) is 31.2. The Morgan fingerprint density at radius 3 is 2.61 bits per heavy atom. The molecule has 0 aromatic heterocycles. The zero-order valence-corrected chi connectivity index (χ0v) is 10.8. The molecule has 0 bridgehead atoms. The number of carbonyl (C=O) groups excluding carboxylic acids is 2. The van der Waals surface area contributed by atoms with Gasteiger partial charge in [-0.2, -0.15) is 0 Å². The van der Waals surface area contributed by atoms with Crippen LogP contribution >= 0.6 is 0 Å². The van der Waals surface area contributed by atoms with Crippen molar-refractivity contribution in [1.82, 2.24) is 10.2 Å². The lowest BCUT2D eigenvalue weighted by atomic mass is 10.0. The lowest BCUT2D eigenvalue weighted by molar-refractivity contribution is -0.143. The Morgan fingerprint density at radius 2 is 2.06 bits per heavy atom. The van der Waals surface area contributed by atoms with Crippen molar-refractivity contribution >= 4 is 21.7 Å². The van der Waals surface area contributed by atoms with Gasteiger partial charge in [-0.05, 0) is 6.42 Å². The predicted molar refractivity (Wildman–Crippen MR) is 64.3 cm³/mol. The lowest BCUT2D eigenvalue weighted by Gasteiger charge is -2.35. The fourth-order valence-electron chi connectivity index (χ4n) is 2.45. The molecular weight excluding hydrogens is 258 g/mol. The highest BCUT2D eigenvalue weighted by Gasteiger charge is 2.39. The Hall–Kier alpha value is -1.15. The number of nitrogens with zero attached hydrogens (tertiary/aromatic N) is 1. The van der Waals surface area contributed by atoms with E-state index in [1.807, 2.05) is 0 Å². The third kappa shape index (κ3) is 2.64. The van der Waals surface area contributed by atoms with Crippen molar-refractivity contribution in [2.45, 2.75) is 12.5 Å². The van der Waals surface area contributed by atoms with E-state index < -0.39 is 27.7 Å². The number of carbonyl (C=O) groups is 2. The average molecular weight is 275 g/mol. The van der Waals surface area contributed by atoms with Gasteiger partial charge in [-0.3, -0.25) is 9.59 Å². The van der Waals surface area contributed by atoms with Crippen LogP contribution in [0.25, 0.3) is 0 Å². The number of rotatable bonds is 2. The number of sulfone groups is 1. The van der Waals surface area contributed by atoms with Crippen LogP contribution < -0.4 is 11.1 Å². The van der Waals surface area contributed by atoms with Crippen molar-refractivity contribution in [3.05, 3.63) is 0 Å². The first kappa shape index (κ1) is 13.3. The van der Waals surface area contributed by atoms with E-state index in [1.165, 1.54) is 4.90 Å². The summed E-state index contributed by atoms with van der Waals surface area (Å²) in [4.78, 5) is 24.9. The summed E-state index contributed by atoms with van der Waals surface area (Å²) in [5.74, 6) is -1.40. The number of nitrogens with one attached hydrogen (secondary N) is 1. The van der Waals surface area contributed by atoms with Gasteiger partial charge in [-0.15, -0.1) is 0 Å². The quantitative estimate of drug-likeness (QED) is 0.589. The molecule has 2 unspecified atom stereocenters. The molecule has 7 nitrogen and oxygen atoms in total. The summed E-state index contributed by atoms with van der Waals surface area (Å²) in [6, 6.07) is -0.672. The van der Waals surface area contributed by atoms with E-state index in [-0.39, 0.29) is 17.4 Å². The Morgan fingerprint density at radius 1 is 1.33 bits per heavy atom. The Bertz CT molecular complexity index is 462. The van der Waals surface area contributed by atoms with Gasteiger partial charge in [0, 0.05) is 19.6 Å². The summed E-state index contributed by atoms with van der Waals surface area (Å²) < 4.78 is 22.7. The minimum atomic E-state index is -3.10. The van der Waals surface area contributed by atoms with Crippen LogP contribution in [0.2, 0.25) is 0 Å². The molecule has 0 aliphatic carbocycles. The number of hydrogen-bond donors (Lipinski definition) is 2. The van der Waals surface area contributed by atoms with Gasteiger partial charge < -0.3 is 16.0 Å². The summed E-state index contributed by atoms with van der Waals surface area (Å²) in [6.07, 6.45) is 0.344. The monoisotopic (exact) mass is 275 g/mol. The molecule has 0 spiro atoms. The second-order valence-corrected chi connectivity index (χ2v) is 6.98. The molecule has 2 aliphatic heterocycles. The molecule has 2 aliphatic rings. The summed E-state index contributed by atoms with van der Waals surface area (Å²) in [6.45, 7) is 1.32. The number of piperazine rings is 1. The maximum atomic E-state index is 12.2. The van der Waals surface area contributed by atoms with Crippen LogP contribution in [0.1, 0.15) is 6.42 Å². The largest absolute Gasteiger partial charge is 0.368 e. The molecular formula is C10H17N3O4S. The second-order valence-electron chi connectivity index (χ2n) is 4.75. The number of hydrogen-bond acceptors (Lipinski definition) is 5. The molecule has 102 valence electrons. The first-order valence-electron chi connectivity index (χ1n) is 5.91. The average Bonchev–Trinajstić information content (AvgIpc) is 2.68. The van der Waals surface area contributed by atoms with Gasteiger partial charge >= 0.3 is 0 Å². The molecule has 2 amide bonds. The third-order valence-electron chi connectivity index (χ3n) is 3.44. The topological polar surface area (TPSA) is 110 Å². The summed E-state index contributed by atoms with van der Waals surface area (Å²) in [5, 5.41) is 2.99. The smallest absolute Gasteiger partial charge is 0.241 e. The van der Waals surface area contributed by atoms with Gasteiger partial charge in [-0.1, -0.05) is 0 Å². The maximum Gasteiger partial charge on any atom is 0.241 e. The molecule has 8 heteroatoms. The number of nitrogens with two attached hydrogens (primary N) is 1. The molecule has 2 fully saturated rings. The van der Waals surface area contributed by atoms with Crippen LogP contribution in [-0.2, 0) is 19.4 Å². The number of amides is 2. The minimum Gasteiger partial charge on any atom is -0.368 e. The van der Waals surface area contributed by atoms with E-state index in [0.717, 1.165) is 0 Å². The van der Waals surface area contributed by atoms with Crippen LogP contribution in [-0.4, -0.2) is 62.3 Å². The van der Waals surface area contributed by atoms with E-state index in [1.54, 1.807) is 0 Å². The molecule has 3 N–H and O–H groups in total. The minimum absolute atomic E-state index is 0.0523. The highest BCUT2D eigenvalue weighted by Crippen LogP contribution is 2.22. The predicted octanol–water partition coefficient (Wildman–Crippen LogP) is -2.29. The third-order valence-corrected chi connectivity index (χ3v) is 5.20. The number of primary amides is 1. The highest BCUT2D eigenvalue weighted by atomic mass is 32.2. The fourth-order valence-corrected chi connectivity index (χ4v) is 4.18. The van der Waals surface area contributed by atoms with Gasteiger partial charge in [-0.25, -0.2) is 8.42 Å². The Balaban J connectivity index is 2.10. The summed E-state index contributed by atoms with van der Waals surface area (Å²) >= 11 is 0. The van der Waals surface area contributed by atoms with E-state index >= 15 is 0 Å². The fraction of sp³-hybridized carbons (Fsp3) is 0.800. The Kier molecular flexibility index (Phi) is 3.58. The molecule has 0 aromatic rings. The maximum absolute atomic E-state index is 12.2. The van der Waals surface area contributed by atoms with Crippen molar-refractivity contribution in [3.63, 3.8) is 0 Å². The molecule has 2 heterocycles. The molecule has 0 radical (unpaired) electrons. The standard InChI is InChI=1S/C10H17N3O4S/c11-9(14)8-5-12-2-3-13(8)10(15)7-1-4-18(16,17)6-7/h7-8,12H,1-6H2,(H2,11,14). The first-order valence-corrected chi connectivity index (χ1v) is 7.74. The van der Waals surface area contributed by atoms with Gasteiger partial charge in [0.15, 0.2) is 9.84 Å². The molecule has 0 saturated carbocycles. The van der Waals surface area contributed by atoms with E-state index in [9.17, 15) is 18.0 Å². The van der Waals surface area contributed by atoms with Crippen molar-refractivity contribution in [2.75, 3.05) is 31.1 Å². The van der Waals surface area contributed by atoms with Gasteiger partial charge in [0.2, 0.25) is 11.8 Å². The van der Waals surface area contributed by atoms with Gasteiger partial charge in [0.1, 0.15) is 6.04 Å². The van der Waals surface area contributed by atoms with E-state index in [4.69, 9.17) is 5.73 Å². The second kappa shape index (κ2) is 4.85. The van der Waals surface area contributed by atoms with Crippen LogP contribution in [0.4, 0.5) is 0 Å². The van der Waals surface area contributed by atoms with Crippen LogP contribution in [0, 0.1) is 5.92 Å². The van der Waals surface area contributed by atoms with E-state index in [2.05, 4.69) is 5.32 Å². The molecule has 2 atom stereocenters. The molecule has 0 aromatic carbocycles. The summed E-state index contributed by atoms with van der Waals surface area (Å²) in [7, 11) is -3.10. The SMILES string of the molecule is NC(=O)C1CNCCN1C(=O)C1CCS(=O)(=O)C1. The molecule has 18 heavy (non-hydrogen) atoms. The van der Waals surface area contributed by atoms with Crippen molar-refractivity contribution in [3.8, 4) is 0 Å². The zero-order chi connectivity index (χ0) is 13.3. The first-order chi connectivity index (χ1) is 8.41. The van der Waals surface area contributed by atoms with Crippen LogP contribution in [0.15, 0.2) is 0 Å².